The molecule has 1 aromatic rings. The fourth-order valence-corrected chi connectivity index (χ4v) is 1.04. The van der Waals surface area contributed by atoms with E-state index in [1.807, 2.05) is 12.1 Å². The van der Waals surface area contributed by atoms with Crippen LogP contribution in [0.2, 0.25) is 0 Å². The van der Waals surface area contributed by atoms with Crippen LogP contribution in [0.3, 0.4) is 0 Å². The summed E-state index contributed by atoms with van der Waals surface area (Å²) in [4.78, 5) is 0. The molecule has 0 amide bonds. The second-order valence-electron chi connectivity index (χ2n) is 2.94. The van der Waals surface area contributed by atoms with Crippen molar-refractivity contribution >= 4 is 5.69 Å². The van der Waals surface area contributed by atoms with Crippen LogP contribution in [0.5, 0.6) is 0 Å². The third-order valence-electron chi connectivity index (χ3n) is 1.82. The lowest BCUT2D eigenvalue weighted by molar-refractivity contribution is 0.164. The van der Waals surface area contributed by atoms with Gasteiger partial charge in [0, 0.05) is 5.69 Å². The van der Waals surface area contributed by atoms with E-state index < -0.39 is 6.10 Å². The first-order valence-corrected chi connectivity index (χ1v) is 3.90. The number of benzene rings is 1. The summed E-state index contributed by atoms with van der Waals surface area (Å²) < 4.78 is 0. The number of aliphatic hydroxyl groups excluding tert-OH is 1. The van der Waals surface area contributed by atoms with Crippen LogP contribution >= 0.6 is 0 Å². The van der Waals surface area contributed by atoms with Gasteiger partial charge in [-0.05, 0) is 24.6 Å². The monoisotopic (exact) mass is 166 g/mol. The first-order valence-electron chi connectivity index (χ1n) is 3.90. The largest absolute Gasteiger partial charge is 0.399 e. The van der Waals surface area contributed by atoms with E-state index in [9.17, 15) is 5.11 Å². The van der Waals surface area contributed by atoms with Crippen molar-refractivity contribution in [3.63, 3.8) is 0 Å². The molecule has 0 spiro atoms. The van der Waals surface area contributed by atoms with E-state index in [-0.39, 0.29) is 6.04 Å². The van der Waals surface area contributed by atoms with Gasteiger partial charge in [0.1, 0.15) is 0 Å². The minimum atomic E-state index is -0.549. The van der Waals surface area contributed by atoms with Gasteiger partial charge in [-0.3, -0.25) is 0 Å². The molecule has 0 heterocycles. The molecule has 2 atom stereocenters. The molecule has 0 radical (unpaired) electrons. The SMILES string of the molecule is C[C@@H](O)[C@H](N)c1cccc(N)c1. The Balaban J connectivity index is 2.88. The molecule has 66 valence electrons. The Morgan fingerprint density at radius 2 is 2.08 bits per heavy atom. The molecule has 0 bridgehead atoms. The summed E-state index contributed by atoms with van der Waals surface area (Å²) in [6.45, 7) is 1.66. The number of aliphatic hydroxyl groups is 1. The summed E-state index contributed by atoms with van der Waals surface area (Å²) in [7, 11) is 0. The van der Waals surface area contributed by atoms with Crippen LogP contribution in [-0.4, -0.2) is 11.2 Å². The van der Waals surface area contributed by atoms with Gasteiger partial charge in [-0.1, -0.05) is 12.1 Å². The van der Waals surface area contributed by atoms with Crippen LogP contribution in [0.25, 0.3) is 0 Å². The van der Waals surface area contributed by atoms with Crippen LogP contribution in [0, 0.1) is 0 Å². The van der Waals surface area contributed by atoms with Gasteiger partial charge in [0.2, 0.25) is 0 Å². The maximum absolute atomic E-state index is 9.20. The van der Waals surface area contributed by atoms with Gasteiger partial charge in [0.25, 0.3) is 0 Å². The zero-order chi connectivity index (χ0) is 9.14. The van der Waals surface area contributed by atoms with Gasteiger partial charge < -0.3 is 16.6 Å². The topological polar surface area (TPSA) is 72.3 Å². The minimum Gasteiger partial charge on any atom is -0.399 e. The molecule has 12 heavy (non-hydrogen) atoms. The van der Waals surface area contributed by atoms with E-state index in [1.165, 1.54) is 0 Å². The number of nitrogen functional groups attached to an aromatic ring is 1. The molecule has 0 saturated heterocycles. The van der Waals surface area contributed by atoms with Gasteiger partial charge in [0.05, 0.1) is 12.1 Å². The molecular formula is C9H14N2O. The van der Waals surface area contributed by atoms with Crippen LogP contribution in [0.4, 0.5) is 5.69 Å². The molecule has 3 nitrogen and oxygen atoms in total. The van der Waals surface area contributed by atoms with E-state index in [0.717, 1.165) is 5.56 Å². The van der Waals surface area contributed by atoms with Gasteiger partial charge in [-0.2, -0.15) is 0 Å². The molecular weight excluding hydrogens is 152 g/mol. The number of hydrogen-bond acceptors (Lipinski definition) is 3. The van der Waals surface area contributed by atoms with Crippen molar-refractivity contribution in [2.75, 3.05) is 5.73 Å². The van der Waals surface area contributed by atoms with Crippen molar-refractivity contribution in [2.24, 2.45) is 5.73 Å². The molecule has 1 rings (SSSR count). The molecule has 1 aromatic carbocycles. The van der Waals surface area contributed by atoms with Crippen molar-refractivity contribution in [1.29, 1.82) is 0 Å². The maximum atomic E-state index is 9.20. The molecule has 0 unspecified atom stereocenters. The summed E-state index contributed by atoms with van der Waals surface area (Å²) in [5, 5.41) is 9.20. The van der Waals surface area contributed by atoms with Crippen molar-refractivity contribution in [2.45, 2.75) is 19.1 Å². The number of hydrogen-bond donors (Lipinski definition) is 3. The highest BCUT2D eigenvalue weighted by Crippen LogP contribution is 2.16. The molecule has 0 aliphatic rings. The lowest BCUT2D eigenvalue weighted by Crippen LogP contribution is -2.23. The van der Waals surface area contributed by atoms with Crippen molar-refractivity contribution in [3.05, 3.63) is 29.8 Å². The quantitative estimate of drug-likeness (QED) is 0.565. The molecule has 5 N–H and O–H groups in total. The van der Waals surface area contributed by atoms with Gasteiger partial charge in [0.15, 0.2) is 0 Å². The standard InChI is InChI=1S/C9H14N2O/c1-6(12)9(11)7-3-2-4-8(10)5-7/h2-6,9,12H,10-11H2,1H3/t6-,9+/m1/s1. The van der Waals surface area contributed by atoms with Gasteiger partial charge >= 0.3 is 0 Å². The van der Waals surface area contributed by atoms with E-state index in [1.54, 1.807) is 19.1 Å². The lowest BCUT2D eigenvalue weighted by atomic mass is 10.0. The molecule has 0 aliphatic heterocycles. The third kappa shape index (κ3) is 1.96. The maximum Gasteiger partial charge on any atom is 0.0704 e. The lowest BCUT2D eigenvalue weighted by Gasteiger charge is -2.14. The van der Waals surface area contributed by atoms with E-state index in [4.69, 9.17) is 11.5 Å². The number of nitrogens with two attached hydrogens (primary N) is 2. The predicted octanol–water partition coefficient (Wildman–Crippen LogP) is 0.649. The Bertz CT molecular complexity index is 260. The fourth-order valence-electron chi connectivity index (χ4n) is 1.04. The van der Waals surface area contributed by atoms with Crippen LogP contribution in [0.1, 0.15) is 18.5 Å². The summed E-state index contributed by atoms with van der Waals surface area (Å²) in [5.74, 6) is 0. The van der Waals surface area contributed by atoms with Crippen LogP contribution in [0.15, 0.2) is 24.3 Å². The number of anilines is 1. The predicted molar refractivity (Wildman–Crippen MR) is 49.5 cm³/mol. The summed E-state index contributed by atoms with van der Waals surface area (Å²) >= 11 is 0. The molecule has 0 aliphatic carbocycles. The summed E-state index contributed by atoms with van der Waals surface area (Å²) in [6, 6.07) is 6.89. The summed E-state index contributed by atoms with van der Waals surface area (Å²) in [6.07, 6.45) is -0.549. The molecule has 0 saturated carbocycles. The normalized spacial score (nSPS) is 15.6. The second-order valence-corrected chi connectivity index (χ2v) is 2.94. The van der Waals surface area contributed by atoms with E-state index >= 15 is 0 Å². The van der Waals surface area contributed by atoms with Crippen LogP contribution < -0.4 is 11.5 Å². The minimum absolute atomic E-state index is 0.353. The zero-order valence-electron chi connectivity index (χ0n) is 7.07. The fraction of sp³-hybridized carbons (Fsp3) is 0.333. The average molecular weight is 166 g/mol. The Labute approximate surface area is 72.0 Å². The smallest absolute Gasteiger partial charge is 0.0704 e. The van der Waals surface area contributed by atoms with Crippen LogP contribution in [-0.2, 0) is 0 Å². The van der Waals surface area contributed by atoms with E-state index in [0.29, 0.717) is 5.69 Å². The number of rotatable bonds is 2. The van der Waals surface area contributed by atoms with Crippen molar-refractivity contribution in [3.8, 4) is 0 Å². The van der Waals surface area contributed by atoms with Crippen molar-refractivity contribution in [1.82, 2.24) is 0 Å². The summed E-state index contributed by atoms with van der Waals surface area (Å²) in [5.41, 5.74) is 12.8. The second kappa shape index (κ2) is 3.56. The zero-order valence-corrected chi connectivity index (χ0v) is 7.07. The Hall–Kier alpha value is -1.06. The average Bonchev–Trinajstić information content (AvgIpc) is 2.03. The Morgan fingerprint density at radius 3 is 2.58 bits per heavy atom. The van der Waals surface area contributed by atoms with E-state index in [2.05, 4.69) is 0 Å². The first-order chi connectivity index (χ1) is 5.61. The Morgan fingerprint density at radius 1 is 1.42 bits per heavy atom. The van der Waals surface area contributed by atoms with Crippen molar-refractivity contribution < 1.29 is 5.11 Å². The third-order valence-corrected chi connectivity index (χ3v) is 1.82. The highest BCUT2D eigenvalue weighted by Gasteiger charge is 2.11. The Kier molecular flexibility index (Phi) is 2.68. The molecule has 0 aromatic heterocycles. The van der Waals surface area contributed by atoms with Gasteiger partial charge in [-0.25, -0.2) is 0 Å². The molecule has 0 fully saturated rings. The highest BCUT2D eigenvalue weighted by molar-refractivity contribution is 5.41. The van der Waals surface area contributed by atoms with Gasteiger partial charge in [-0.15, -0.1) is 0 Å². The highest BCUT2D eigenvalue weighted by atomic mass is 16.3. The first kappa shape index (κ1) is 9.03. The molecule has 3 heteroatoms.